The van der Waals surface area contributed by atoms with Crippen molar-refractivity contribution < 1.29 is 20.6 Å². The van der Waals surface area contributed by atoms with Crippen molar-refractivity contribution in [3.8, 4) is 0 Å². The van der Waals surface area contributed by atoms with Gasteiger partial charge in [-0.1, -0.05) is 133 Å². The van der Waals surface area contributed by atoms with Crippen LogP contribution < -0.4 is 0 Å². The van der Waals surface area contributed by atoms with E-state index in [2.05, 4.69) is 0 Å². The van der Waals surface area contributed by atoms with Crippen molar-refractivity contribution in [1.29, 1.82) is 0 Å². The minimum atomic E-state index is -3.86. The predicted octanol–water partition coefficient (Wildman–Crippen LogP) is 11.7. The number of hydrogen-bond donors (Lipinski definition) is 0. The van der Waals surface area contributed by atoms with E-state index in [4.69, 9.17) is 11.0 Å². The van der Waals surface area contributed by atoms with Crippen molar-refractivity contribution in [3.05, 3.63) is 144 Å². The van der Waals surface area contributed by atoms with E-state index in [0.29, 0.717) is 27.3 Å². The van der Waals surface area contributed by atoms with Crippen LogP contribution in [0.15, 0.2) is 132 Å². The third-order valence-corrected chi connectivity index (χ3v) is 8.45. The molecule has 1 saturated carbocycles. The Morgan fingerprint density at radius 2 is 1.24 bits per heavy atom. The molecule has 0 aromatic heterocycles. The highest BCUT2D eigenvalue weighted by molar-refractivity contribution is 6.29. The molecule has 0 bridgehead atoms. The van der Waals surface area contributed by atoms with E-state index < -0.39 is 67.2 Å². The van der Waals surface area contributed by atoms with Crippen LogP contribution >= 0.6 is 0 Å². The fraction of sp³-hybridized carbons (Fsp3) is 0.190. The van der Waals surface area contributed by atoms with Crippen LogP contribution in [0.4, 0.5) is 0 Å². The zero-order valence-electron chi connectivity index (χ0n) is 37.5. The van der Waals surface area contributed by atoms with Crippen LogP contribution in [-0.4, -0.2) is 0 Å². The third-order valence-electron chi connectivity index (χ3n) is 8.45. The van der Waals surface area contributed by atoms with Gasteiger partial charge in [0.1, 0.15) is 0 Å². The zero-order chi connectivity index (χ0) is 41.1. The average Bonchev–Trinajstić information content (AvgIpc) is 3.17. The van der Waals surface area contributed by atoms with E-state index in [1.807, 2.05) is 66.7 Å². The molecule has 3 aliphatic rings. The summed E-state index contributed by atoms with van der Waals surface area (Å²) in [6.45, 7) is 0. The summed E-state index contributed by atoms with van der Waals surface area (Å²) < 4.78 is 139. The molecule has 0 heteroatoms. The maximum atomic E-state index is 10.1. The lowest BCUT2D eigenvalue weighted by Crippen LogP contribution is -2.23. The predicted molar refractivity (Wildman–Crippen MR) is 181 cm³/mol. The van der Waals surface area contributed by atoms with Gasteiger partial charge >= 0.3 is 0 Å². The first-order valence-corrected chi connectivity index (χ1v) is 14.0. The Hall–Kier alpha value is -4.42. The molecule has 6 aromatic rings. The van der Waals surface area contributed by atoms with Crippen molar-refractivity contribution in [1.82, 2.24) is 0 Å². The molecule has 202 valence electrons. The second-order valence-electron chi connectivity index (χ2n) is 10.7. The minimum Gasteiger partial charge on any atom is -0.0754 e. The van der Waals surface area contributed by atoms with Crippen LogP contribution in [0.25, 0.3) is 54.2 Å². The smallest absolute Gasteiger partial charge is 0.0583 e. The lowest BCUT2D eigenvalue weighted by molar-refractivity contribution is 0.364. The van der Waals surface area contributed by atoms with Gasteiger partial charge in [0.25, 0.3) is 0 Å². The molecule has 0 radical (unpaired) electrons. The Kier molecular flexibility index (Phi) is 3.12. The maximum Gasteiger partial charge on any atom is 0.0583 e. The van der Waals surface area contributed by atoms with Crippen molar-refractivity contribution >= 4 is 54.2 Å². The van der Waals surface area contributed by atoms with Gasteiger partial charge in [-0.15, -0.1) is 0 Å². The standard InChI is InChI=1S/C42H34/c1-2-13-29-26-40-30(25-28(29)12-1)23-24-39(42(40)35-20-9-14-27-11-3-4-15-31(27)35)38-22-10-21-37-34-17-6-5-16-32(34)33-18-7-8-19-36(33)41(37)38/h3-11,14-22,24,26,28,30H,1-2,12-13,23,25H2/i1D2,2D2,12D2,13D2,23D2,24D,25D2,28D,30D. The van der Waals surface area contributed by atoms with E-state index in [1.165, 1.54) is 0 Å². The van der Waals surface area contributed by atoms with Crippen LogP contribution in [-0.2, 0) is 0 Å². The van der Waals surface area contributed by atoms with Crippen molar-refractivity contribution in [2.75, 3.05) is 0 Å². The highest BCUT2D eigenvalue weighted by Crippen LogP contribution is 2.52. The Bertz CT molecular complexity index is 2820. The van der Waals surface area contributed by atoms with E-state index in [1.54, 1.807) is 42.5 Å². The molecule has 0 spiro atoms. The topological polar surface area (TPSA) is 0 Å². The molecule has 9 rings (SSSR count). The van der Waals surface area contributed by atoms with Crippen LogP contribution in [0.5, 0.6) is 0 Å². The minimum absolute atomic E-state index is 0.0319. The summed E-state index contributed by atoms with van der Waals surface area (Å²) in [4.78, 5) is 0. The van der Waals surface area contributed by atoms with E-state index in [9.17, 15) is 9.60 Å². The monoisotopic (exact) mass is 553 g/mol. The first-order chi connectivity index (χ1) is 26.5. The Morgan fingerprint density at radius 1 is 0.619 bits per heavy atom. The molecule has 3 aliphatic carbocycles. The second-order valence-corrected chi connectivity index (χ2v) is 10.7. The average molecular weight is 554 g/mol. The first kappa shape index (κ1) is 13.7. The molecule has 6 aromatic carbocycles. The van der Waals surface area contributed by atoms with Crippen LogP contribution in [0.3, 0.4) is 0 Å². The normalized spacial score (nSPS) is 36.7. The number of rotatable bonds is 2. The molecule has 0 nitrogen and oxygen atoms in total. The summed E-state index contributed by atoms with van der Waals surface area (Å²) in [6.07, 6.45) is -21.3. The Labute approximate surface area is 268 Å². The van der Waals surface area contributed by atoms with Gasteiger partial charge in [0.15, 0.2) is 0 Å². The van der Waals surface area contributed by atoms with Crippen LogP contribution in [0.2, 0.25) is 0 Å². The summed E-state index contributed by atoms with van der Waals surface area (Å²) in [6, 6.07) is 32.3. The summed E-state index contributed by atoms with van der Waals surface area (Å²) in [5, 5.41) is 6.12. The number of benzene rings is 6. The quantitative estimate of drug-likeness (QED) is 0.187. The molecule has 2 atom stereocenters. The summed E-state index contributed by atoms with van der Waals surface area (Å²) in [5.41, 5.74) is -1.01. The summed E-state index contributed by atoms with van der Waals surface area (Å²) >= 11 is 0. The molecule has 2 unspecified atom stereocenters. The molecule has 1 fully saturated rings. The molecule has 0 aliphatic heterocycles. The van der Waals surface area contributed by atoms with Crippen LogP contribution in [0, 0.1) is 11.8 Å². The van der Waals surface area contributed by atoms with Gasteiger partial charge in [-0.2, -0.15) is 0 Å². The molecule has 0 N–H and O–H groups in total. The largest absolute Gasteiger partial charge is 0.0754 e. The second kappa shape index (κ2) is 9.57. The van der Waals surface area contributed by atoms with E-state index >= 15 is 0 Å². The third kappa shape index (κ3) is 3.61. The summed E-state index contributed by atoms with van der Waals surface area (Å²) in [7, 11) is 0. The van der Waals surface area contributed by atoms with Crippen LogP contribution in [0.1, 0.15) is 69.9 Å². The van der Waals surface area contributed by atoms with Gasteiger partial charge in [0.2, 0.25) is 0 Å². The van der Waals surface area contributed by atoms with E-state index in [0.717, 1.165) is 33.0 Å². The molecule has 0 heterocycles. The summed E-state index contributed by atoms with van der Waals surface area (Å²) in [5.74, 6) is -7.09. The molecular weight excluding hydrogens is 504 g/mol. The SMILES string of the molecule is [2H]C1=C(c2cccc3c4ccccc4c4ccccc4c23)C(c2cccc3ccccc23)=C2C=C3C([2H])([2H])C([2H])([2H])C([2H])([2H])C([2H])([2H])C3([2H])C([2H])([2H])C2([2H])C1([2H])[2H]. The van der Waals surface area contributed by atoms with Crippen molar-refractivity contribution in [2.45, 2.75) is 38.2 Å². The Balaban J connectivity index is 1.54. The molecule has 42 heavy (non-hydrogen) atoms. The van der Waals surface area contributed by atoms with Crippen molar-refractivity contribution in [3.63, 3.8) is 0 Å². The lowest BCUT2D eigenvalue weighted by Gasteiger charge is -2.38. The van der Waals surface area contributed by atoms with Gasteiger partial charge in [0, 0.05) is 19.2 Å². The fourth-order valence-corrected chi connectivity index (χ4v) is 6.65. The fourth-order valence-electron chi connectivity index (χ4n) is 6.65. The zero-order valence-corrected chi connectivity index (χ0v) is 22.5. The number of allylic oxidation sites excluding steroid dienone is 6. The maximum absolute atomic E-state index is 10.1. The first-order valence-electron chi connectivity index (χ1n) is 21.5. The van der Waals surface area contributed by atoms with Gasteiger partial charge in [-0.25, -0.2) is 0 Å². The highest BCUT2D eigenvalue weighted by atomic mass is 14.4. The lowest BCUT2D eigenvalue weighted by atomic mass is 9.66. The van der Waals surface area contributed by atoms with Gasteiger partial charge in [-0.3, -0.25) is 0 Å². The van der Waals surface area contributed by atoms with Gasteiger partial charge in [-0.05, 0) is 115 Å². The number of fused-ring (bicyclic) bond motifs is 9. The van der Waals surface area contributed by atoms with Gasteiger partial charge in [0.05, 0.1) is 1.37 Å². The van der Waals surface area contributed by atoms with E-state index in [-0.39, 0.29) is 11.1 Å². The highest BCUT2D eigenvalue weighted by Gasteiger charge is 2.34. The molecule has 0 saturated heterocycles. The van der Waals surface area contributed by atoms with Crippen molar-refractivity contribution in [2.24, 2.45) is 11.8 Å². The number of hydrogen-bond acceptors (Lipinski definition) is 0. The molecular formula is C42H34. The Morgan fingerprint density at radius 3 is 2.05 bits per heavy atom. The van der Waals surface area contributed by atoms with Gasteiger partial charge < -0.3 is 0 Å². The molecule has 0 amide bonds.